The van der Waals surface area contributed by atoms with Gasteiger partial charge in [-0.25, -0.2) is 0 Å². The van der Waals surface area contributed by atoms with E-state index in [1.807, 2.05) is 0 Å². The molecule has 0 aromatic rings. The van der Waals surface area contributed by atoms with Gasteiger partial charge in [-0.15, -0.1) is 0 Å². The van der Waals surface area contributed by atoms with Gasteiger partial charge in [0.25, 0.3) is 0 Å². The molecule has 71 heavy (non-hydrogen) atoms. The zero-order valence-corrected chi connectivity index (χ0v) is 48.7. The second-order valence-corrected chi connectivity index (χ2v) is 22.9. The van der Waals surface area contributed by atoms with Crippen molar-refractivity contribution in [1.29, 1.82) is 0 Å². The summed E-state index contributed by atoms with van der Waals surface area (Å²) in [5.41, 5.74) is 0. The molecule has 6 nitrogen and oxygen atoms in total. The molecule has 0 amide bonds. The first-order valence-corrected chi connectivity index (χ1v) is 32.4. The fourth-order valence-electron chi connectivity index (χ4n) is 10.2. The van der Waals surface area contributed by atoms with Crippen molar-refractivity contribution in [2.45, 2.75) is 381 Å². The molecule has 0 saturated heterocycles. The number of unbranched alkanes of at least 4 members (excludes halogenated alkanes) is 47. The van der Waals surface area contributed by atoms with Crippen LogP contribution in [0.5, 0.6) is 0 Å². The van der Waals surface area contributed by atoms with Gasteiger partial charge in [0.05, 0.1) is 0 Å². The molecule has 0 N–H and O–H groups in total. The van der Waals surface area contributed by atoms with Crippen LogP contribution in [0.3, 0.4) is 0 Å². The SMILES string of the molecule is CCCCCCCCCCCCCCCCCCCCCC(=O)O[C@H](COC(=O)CCCCCCCCCCCCCCC)COC(=O)CCCCCCCCCCCCCCCCCCCCC(C)C. The van der Waals surface area contributed by atoms with Gasteiger partial charge in [-0.2, -0.15) is 0 Å². The van der Waals surface area contributed by atoms with E-state index in [1.54, 1.807) is 0 Å². The van der Waals surface area contributed by atoms with E-state index in [9.17, 15) is 14.4 Å². The van der Waals surface area contributed by atoms with Crippen molar-refractivity contribution in [3.05, 3.63) is 0 Å². The summed E-state index contributed by atoms with van der Waals surface area (Å²) in [5, 5.41) is 0. The number of ether oxygens (including phenoxy) is 3. The van der Waals surface area contributed by atoms with Crippen LogP contribution in [-0.4, -0.2) is 37.2 Å². The molecule has 0 aliphatic carbocycles. The monoisotopic (exact) mass is 1000 g/mol. The smallest absolute Gasteiger partial charge is 0.306 e. The Morgan fingerprint density at radius 3 is 0.690 bits per heavy atom. The molecule has 0 aliphatic rings. The standard InChI is InChI=1S/C65H126O6/c1-5-7-9-11-13-15-17-19-20-21-22-27-30-34-38-42-46-50-54-58-65(68)71-62(59-69-63(66)56-52-48-44-40-36-31-18-16-14-12-10-8-6-2)60-70-64(67)57-53-49-45-41-37-33-29-26-24-23-25-28-32-35-39-43-47-51-55-61(3)4/h61-62H,5-60H2,1-4H3/t62-/m1/s1. The van der Waals surface area contributed by atoms with E-state index < -0.39 is 6.10 Å². The molecule has 0 heterocycles. The molecule has 6 heteroatoms. The van der Waals surface area contributed by atoms with E-state index in [1.165, 1.54) is 270 Å². The maximum Gasteiger partial charge on any atom is 0.306 e. The molecule has 0 aliphatic heterocycles. The Balaban J connectivity index is 4.24. The summed E-state index contributed by atoms with van der Waals surface area (Å²) < 4.78 is 17.0. The van der Waals surface area contributed by atoms with Crippen LogP contribution in [0.2, 0.25) is 0 Å². The summed E-state index contributed by atoms with van der Waals surface area (Å²) in [6.45, 7) is 9.10. The first-order chi connectivity index (χ1) is 34.9. The van der Waals surface area contributed by atoms with Gasteiger partial charge in [0, 0.05) is 19.3 Å². The molecule has 0 unspecified atom stereocenters. The maximum atomic E-state index is 12.9. The topological polar surface area (TPSA) is 78.9 Å². The summed E-state index contributed by atoms with van der Waals surface area (Å²) in [7, 11) is 0. The molecule has 0 rings (SSSR count). The van der Waals surface area contributed by atoms with Gasteiger partial charge in [0.2, 0.25) is 0 Å². The third kappa shape index (κ3) is 59.2. The van der Waals surface area contributed by atoms with Crippen LogP contribution in [0.4, 0.5) is 0 Å². The second kappa shape index (κ2) is 59.3. The van der Waals surface area contributed by atoms with Crippen LogP contribution < -0.4 is 0 Å². The van der Waals surface area contributed by atoms with Gasteiger partial charge in [-0.05, 0) is 25.2 Å². The van der Waals surface area contributed by atoms with Crippen molar-refractivity contribution >= 4 is 17.9 Å². The minimum absolute atomic E-state index is 0.0610. The predicted molar refractivity (Wildman–Crippen MR) is 307 cm³/mol. The maximum absolute atomic E-state index is 12.9. The zero-order valence-electron chi connectivity index (χ0n) is 48.7. The third-order valence-electron chi connectivity index (χ3n) is 15.0. The minimum Gasteiger partial charge on any atom is -0.462 e. The van der Waals surface area contributed by atoms with E-state index in [4.69, 9.17) is 14.2 Å². The summed E-state index contributed by atoms with van der Waals surface area (Å²) in [6.07, 6.45) is 66.8. The molecule has 0 aromatic heterocycles. The Labute approximate surface area is 444 Å². The van der Waals surface area contributed by atoms with Crippen LogP contribution >= 0.6 is 0 Å². The van der Waals surface area contributed by atoms with E-state index in [2.05, 4.69) is 27.7 Å². The molecule has 1 atom stereocenters. The number of hydrogen-bond donors (Lipinski definition) is 0. The fraction of sp³-hybridized carbons (Fsp3) is 0.954. The number of carbonyl (C=O) groups excluding carboxylic acids is 3. The highest BCUT2D eigenvalue weighted by Crippen LogP contribution is 2.19. The zero-order chi connectivity index (χ0) is 51.6. The largest absolute Gasteiger partial charge is 0.462 e. The average Bonchev–Trinajstić information content (AvgIpc) is 3.36. The van der Waals surface area contributed by atoms with Crippen LogP contribution in [0, 0.1) is 5.92 Å². The van der Waals surface area contributed by atoms with Crippen LogP contribution in [0.25, 0.3) is 0 Å². The molecule has 422 valence electrons. The molecule has 0 fully saturated rings. The molecule has 0 bridgehead atoms. The molecule has 0 radical (unpaired) electrons. The third-order valence-corrected chi connectivity index (χ3v) is 15.0. The molecule has 0 aromatic carbocycles. The first kappa shape index (κ1) is 69.4. The molecule has 0 spiro atoms. The minimum atomic E-state index is -0.763. The predicted octanol–water partition coefficient (Wildman–Crippen LogP) is 21.7. The summed E-state index contributed by atoms with van der Waals surface area (Å²) in [6, 6.07) is 0. The van der Waals surface area contributed by atoms with E-state index in [0.29, 0.717) is 19.3 Å². The van der Waals surface area contributed by atoms with Crippen molar-refractivity contribution in [2.24, 2.45) is 5.92 Å². The normalized spacial score (nSPS) is 12.0. The van der Waals surface area contributed by atoms with E-state index in [0.717, 1.165) is 63.7 Å². The number of esters is 3. The number of hydrogen-bond acceptors (Lipinski definition) is 6. The van der Waals surface area contributed by atoms with Gasteiger partial charge >= 0.3 is 17.9 Å². The van der Waals surface area contributed by atoms with Crippen LogP contribution in [0.15, 0.2) is 0 Å². The highest BCUT2D eigenvalue weighted by atomic mass is 16.6. The highest BCUT2D eigenvalue weighted by Gasteiger charge is 2.19. The lowest BCUT2D eigenvalue weighted by Gasteiger charge is -2.18. The Hall–Kier alpha value is -1.59. The second-order valence-electron chi connectivity index (χ2n) is 22.9. The first-order valence-electron chi connectivity index (χ1n) is 32.4. The number of carbonyl (C=O) groups is 3. The van der Waals surface area contributed by atoms with E-state index >= 15 is 0 Å². The van der Waals surface area contributed by atoms with E-state index in [-0.39, 0.29) is 31.1 Å². The Bertz CT molecular complexity index is 1070. The van der Waals surface area contributed by atoms with Crippen molar-refractivity contribution in [3.63, 3.8) is 0 Å². The number of rotatable bonds is 60. The van der Waals surface area contributed by atoms with Gasteiger partial charge in [-0.1, -0.05) is 336 Å². The van der Waals surface area contributed by atoms with Crippen LogP contribution in [0.1, 0.15) is 374 Å². The molecular formula is C65H126O6. The van der Waals surface area contributed by atoms with Gasteiger partial charge in [0.15, 0.2) is 6.10 Å². The lowest BCUT2D eigenvalue weighted by molar-refractivity contribution is -0.167. The lowest BCUT2D eigenvalue weighted by atomic mass is 10.0. The molecule has 0 saturated carbocycles. The van der Waals surface area contributed by atoms with Crippen molar-refractivity contribution < 1.29 is 28.6 Å². The summed E-state index contributed by atoms with van der Waals surface area (Å²) in [4.78, 5) is 38.3. The summed E-state index contributed by atoms with van der Waals surface area (Å²) in [5.74, 6) is 0.0322. The Kier molecular flexibility index (Phi) is 58.0. The fourth-order valence-corrected chi connectivity index (χ4v) is 10.2. The van der Waals surface area contributed by atoms with Crippen LogP contribution in [-0.2, 0) is 28.6 Å². The molecular weight excluding hydrogens is 877 g/mol. The quantitative estimate of drug-likeness (QED) is 0.0343. The Morgan fingerprint density at radius 1 is 0.268 bits per heavy atom. The van der Waals surface area contributed by atoms with Crippen molar-refractivity contribution in [2.75, 3.05) is 13.2 Å². The van der Waals surface area contributed by atoms with Gasteiger partial charge in [-0.3, -0.25) is 14.4 Å². The average molecular weight is 1000 g/mol. The van der Waals surface area contributed by atoms with Crippen molar-refractivity contribution in [3.8, 4) is 0 Å². The van der Waals surface area contributed by atoms with Crippen molar-refractivity contribution in [1.82, 2.24) is 0 Å². The van der Waals surface area contributed by atoms with Gasteiger partial charge in [0.1, 0.15) is 13.2 Å². The van der Waals surface area contributed by atoms with Gasteiger partial charge < -0.3 is 14.2 Å². The Morgan fingerprint density at radius 2 is 0.465 bits per heavy atom. The summed E-state index contributed by atoms with van der Waals surface area (Å²) >= 11 is 0. The highest BCUT2D eigenvalue weighted by molar-refractivity contribution is 5.71. The lowest BCUT2D eigenvalue weighted by Crippen LogP contribution is -2.30.